The van der Waals surface area contributed by atoms with Gasteiger partial charge in [0.05, 0.1) is 0 Å². The maximum absolute atomic E-state index is 12.3. The first-order valence-corrected chi connectivity index (χ1v) is 8.44. The molecule has 1 aromatic carbocycles. The maximum atomic E-state index is 12.3. The van der Waals surface area contributed by atoms with Gasteiger partial charge in [0.25, 0.3) is 0 Å². The molecule has 1 N–H and O–H groups in total. The number of carbonyl (C=O) groups is 1. The number of aromatic nitrogens is 1. The van der Waals surface area contributed by atoms with E-state index < -0.39 is 0 Å². The molecule has 1 aromatic heterocycles. The standard InChI is InChI=1S/C20H27N3O/c1-15-8-9-18(16(2)13-15)10-12-22-20(24)23(4)17(3)14-19-7-5-6-11-21-19/h5-9,11,13,17H,10,12,14H2,1-4H3,(H,22,24)/t17-/m0/s1. The number of pyridine rings is 1. The van der Waals surface area contributed by atoms with Gasteiger partial charge in [0.2, 0.25) is 0 Å². The van der Waals surface area contributed by atoms with Crippen LogP contribution in [0.1, 0.15) is 29.3 Å². The molecular weight excluding hydrogens is 298 g/mol. The summed E-state index contributed by atoms with van der Waals surface area (Å²) in [5, 5.41) is 3.01. The van der Waals surface area contributed by atoms with Crippen molar-refractivity contribution in [3.05, 3.63) is 65.0 Å². The third-order valence-electron chi connectivity index (χ3n) is 4.38. The molecule has 0 unspecified atom stereocenters. The molecule has 4 heteroatoms. The highest BCUT2D eigenvalue weighted by Gasteiger charge is 2.16. The molecule has 0 aliphatic carbocycles. The van der Waals surface area contributed by atoms with Crippen LogP contribution in [0.5, 0.6) is 0 Å². The molecule has 0 spiro atoms. The fourth-order valence-electron chi connectivity index (χ4n) is 2.71. The highest BCUT2D eigenvalue weighted by molar-refractivity contribution is 5.74. The number of aryl methyl sites for hydroxylation is 2. The van der Waals surface area contributed by atoms with Gasteiger partial charge in [-0.25, -0.2) is 4.79 Å². The van der Waals surface area contributed by atoms with Crippen LogP contribution in [0.4, 0.5) is 4.79 Å². The average molecular weight is 325 g/mol. The number of rotatable bonds is 6. The zero-order chi connectivity index (χ0) is 17.5. The van der Waals surface area contributed by atoms with Crippen molar-refractivity contribution in [2.75, 3.05) is 13.6 Å². The van der Waals surface area contributed by atoms with Crippen LogP contribution in [0.2, 0.25) is 0 Å². The van der Waals surface area contributed by atoms with Crippen LogP contribution >= 0.6 is 0 Å². The summed E-state index contributed by atoms with van der Waals surface area (Å²) in [5.74, 6) is 0. The molecule has 128 valence electrons. The van der Waals surface area contributed by atoms with Crippen molar-refractivity contribution < 1.29 is 4.79 Å². The quantitative estimate of drug-likeness (QED) is 0.883. The van der Waals surface area contributed by atoms with E-state index in [2.05, 4.69) is 42.3 Å². The van der Waals surface area contributed by atoms with Crippen molar-refractivity contribution in [2.24, 2.45) is 0 Å². The Balaban J connectivity index is 1.80. The zero-order valence-corrected chi connectivity index (χ0v) is 15.0. The van der Waals surface area contributed by atoms with E-state index >= 15 is 0 Å². The van der Waals surface area contributed by atoms with Gasteiger partial charge in [-0.3, -0.25) is 4.98 Å². The van der Waals surface area contributed by atoms with Gasteiger partial charge in [0, 0.05) is 37.9 Å². The van der Waals surface area contributed by atoms with E-state index in [0.717, 1.165) is 18.5 Å². The summed E-state index contributed by atoms with van der Waals surface area (Å²) >= 11 is 0. The molecule has 4 nitrogen and oxygen atoms in total. The van der Waals surface area contributed by atoms with E-state index in [9.17, 15) is 4.79 Å². The molecule has 1 atom stereocenters. The highest BCUT2D eigenvalue weighted by atomic mass is 16.2. The number of nitrogens with one attached hydrogen (secondary N) is 1. The zero-order valence-electron chi connectivity index (χ0n) is 15.0. The predicted octanol–water partition coefficient (Wildman–Crippen LogP) is 3.51. The van der Waals surface area contributed by atoms with Crippen LogP contribution < -0.4 is 5.32 Å². The van der Waals surface area contributed by atoms with Crippen LogP contribution in [-0.2, 0) is 12.8 Å². The first-order chi connectivity index (χ1) is 11.5. The molecule has 0 saturated carbocycles. The monoisotopic (exact) mass is 325 g/mol. The molecule has 0 bridgehead atoms. The van der Waals surface area contributed by atoms with Crippen molar-refractivity contribution >= 4 is 6.03 Å². The SMILES string of the molecule is Cc1ccc(CCNC(=O)N(C)[C@@H](C)Cc2ccccn2)c(C)c1. The van der Waals surface area contributed by atoms with Crippen molar-refractivity contribution in [2.45, 2.75) is 39.7 Å². The van der Waals surface area contributed by atoms with Gasteiger partial charge < -0.3 is 10.2 Å². The second-order valence-electron chi connectivity index (χ2n) is 6.40. The summed E-state index contributed by atoms with van der Waals surface area (Å²) < 4.78 is 0. The molecule has 0 fully saturated rings. The smallest absolute Gasteiger partial charge is 0.317 e. The van der Waals surface area contributed by atoms with Crippen LogP contribution in [0.3, 0.4) is 0 Å². The Hall–Kier alpha value is -2.36. The molecule has 0 saturated heterocycles. The Morgan fingerprint density at radius 3 is 2.71 bits per heavy atom. The topological polar surface area (TPSA) is 45.2 Å². The van der Waals surface area contributed by atoms with E-state index in [1.165, 1.54) is 16.7 Å². The Bertz CT molecular complexity index is 670. The molecule has 0 radical (unpaired) electrons. The fraction of sp³-hybridized carbons (Fsp3) is 0.400. The number of hydrogen-bond acceptors (Lipinski definition) is 2. The van der Waals surface area contributed by atoms with Crippen molar-refractivity contribution in [1.82, 2.24) is 15.2 Å². The van der Waals surface area contributed by atoms with Crippen molar-refractivity contribution in [3.8, 4) is 0 Å². The number of carbonyl (C=O) groups excluding carboxylic acids is 1. The summed E-state index contributed by atoms with van der Waals surface area (Å²) in [5.41, 5.74) is 4.83. The molecule has 0 aliphatic heterocycles. The minimum atomic E-state index is -0.0387. The van der Waals surface area contributed by atoms with E-state index in [1.54, 1.807) is 11.1 Å². The van der Waals surface area contributed by atoms with Crippen LogP contribution in [0, 0.1) is 13.8 Å². The first kappa shape index (κ1) is 18.0. The van der Waals surface area contributed by atoms with Crippen LogP contribution in [0.15, 0.2) is 42.6 Å². The van der Waals surface area contributed by atoms with Gasteiger partial charge in [-0.05, 0) is 50.5 Å². The Morgan fingerprint density at radius 2 is 2.04 bits per heavy atom. The highest BCUT2D eigenvalue weighted by Crippen LogP contribution is 2.11. The third kappa shape index (κ3) is 5.08. The molecule has 24 heavy (non-hydrogen) atoms. The van der Waals surface area contributed by atoms with E-state index in [0.29, 0.717) is 6.54 Å². The summed E-state index contributed by atoms with van der Waals surface area (Å²) in [7, 11) is 1.83. The van der Waals surface area contributed by atoms with E-state index in [-0.39, 0.29) is 12.1 Å². The summed E-state index contributed by atoms with van der Waals surface area (Å²) in [4.78, 5) is 18.4. The lowest BCUT2D eigenvalue weighted by atomic mass is 10.0. The van der Waals surface area contributed by atoms with Gasteiger partial charge in [0.1, 0.15) is 0 Å². The number of nitrogens with zero attached hydrogens (tertiary/aromatic N) is 2. The lowest BCUT2D eigenvalue weighted by molar-refractivity contribution is 0.193. The second kappa shape index (κ2) is 8.48. The molecule has 2 amide bonds. The van der Waals surface area contributed by atoms with Gasteiger partial charge in [0.15, 0.2) is 0 Å². The molecule has 2 rings (SSSR count). The largest absolute Gasteiger partial charge is 0.338 e. The van der Waals surface area contributed by atoms with Gasteiger partial charge >= 0.3 is 6.03 Å². The summed E-state index contributed by atoms with van der Waals surface area (Å²) in [6.45, 7) is 6.89. The predicted molar refractivity (Wildman–Crippen MR) is 98.2 cm³/mol. The van der Waals surface area contributed by atoms with Crippen LogP contribution in [0.25, 0.3) is 0 Å². The lowest BCUT2D eigenvalue weighted by Crippen LogP contribution is -2.43. The molecule has 0 aliphatic rings. The lowest BCUT2D eigenvalue weighted by Gasteiger charge is -2.25. The fourth-order valence-corrected chi connectivity index (χ4v) is 2.71. The molecule has 1 heterocycles. The Labute approximate surface area is 144 Å². The molecular formula is C20H27N3O. The van der Waals surface area contributed by atoms with Crippen molar-refractivity contribution in [1.29, 1.82) is 0 Å². The molecule has 2 aromatic rings. The third-order valence-corrected chi connectivity index (χ3v) is 4.38. The first-order valence-electron chi connectivity index (χ1n) is 8.44. The van der Waals surface area contributed by atoms with Crippen molar-refractivity contribution in [3.63, 3.8) is 0 Å². The van der Waals surface area contributed by atoms with Gasteiger partial charge in [-0.15, -0.1) is 0 Å². The summed E-state index contributed by atoms with van der Waals surface area (Å²) in [6, 6.07) is 12.4. The number of hydrogen-bond donors (Lipinski definition) is 1. The number of benzene rings is 1. The number of urea groups is 1. The van der Waals surface area contributed by atoms with Gasteiger partial charge in [-0.1, -0.05) is 29.8 Å². The second-order valence-corrected chi connectivity index (χ2v) is 6.40. The minimum absolute atomic E-state index is 0.0387. The van der Waals surface area contributed by atoms with Crippen LogP contribution in [-0.4, -0.2) is 35.5 Å². The van der Waals surface area contributed by atoms with E-state index in [4.69, 9.17) is 0 Å². The number of amides is 2. The van der Waals surface area contributed by atoms with E-state index in [1.807, 2.05) is 32.2 Å². The summed E-state index contributed by atoms with van der Waals surface area (Å²) in [6.07, 6.45) is 3.38. The number of likely N-dealkylation sites (N-methyl/N-ethyl adjacent to an activating group) is 1. The minimum Gasteiger partial charge on any atom is -0.338 e. The Kier molecular flexibility index (Phi) is 6.36. The van der Waals surface area contributed by atoms with Gasteiger partial charge in [-0.2, -0.15) is 0 Å². The maximum Gasteiger partial charge on any atom is 0.317 e. The Morgan fingerprint density at radius 1 is 1.25 bits per heavy atom. The normalized spacial score (nSPS) is 11.8. The average Bonchev–Trinajstić information content (AvgIpc) is 2.57.